The molecule has 0 radical (unpaired) electrons. The minimum Gasteiger partial charge on any atom is -0.397 e. The molecular weight excluding hydrogens is 242 g/mol. The van der Waals surface area contributed by atoms with Crippen LogP contribution in [0.15, 0.2) is 18.2 Å². The van der Waals surface area contributed by atoms with E-state index in [-0.39, 0.29) is 5.91 Å². The van der Waals surface area contributed by atoms with Crippen molar-refractivity contribution < 1.29 is 9.53 Å². The molecule has 0 aliphatic carbocycles. The minimum atomic E-state index is -0.0124. The number of methoxy groups -OCH3 is 1. The highest BCUT2D eigenvalue weighted by molar-refractivity contribution is 5.92. The Morgan fingerprint density at radius 3 is 2.11 bits per heavy atom. The molecule has 0 spiro atoms. The molecule has 0 fully saturated rings. The first-order chi connectivity index (χ1) is 8.97. The van der Waals surface area contributed by atoms with Gasteiger partial charge in [0.15, 0.2) is 0 Å². The zero-order valence-electron chi connectivity index (χ0n) is 13.1. The molecule has 110 valence electrons. The molecule has 1 amide bonds. The highest BCUT2D eigenvalue weighted by atomic mass is 16.4. The van der Waals surface area contributed by atoms with Crippen molar-refractivity contribution in [2.45, 2.75) is 20.8 Å². The number of nitrogens with two attached hydrogens (primary N) is 1. The Bertz CT molecular complexity index is 368. The first-order valence-corrected chi connectivity index (χ1v) is 6.19. The van der Waals surface area contributed by atoms with Crippen molar-refractivity contribution in [1.29, 1.82) is 0 Å². The molecule has 0 unspecified atom stereocenters. The molecule has 1 rings (SSSR count). The Hall–Kier alpha value is -1.75. The average molecular weight is 269 g/mol. The van der Waals surface area contributed by atoms with Crippen LogP contribution in [0.4, 0.5) is 17.1 Å². The lowest BCUT2D eigenvalue weighted by atomic mass is 10.2. The number of amides is 1. The van der Waals surface area contributed by atoms with Crippen molar-refractivity contribution in [3.63, 3.8) is 0 Å². The van der Waals surface area contributed by atoms with Crippen molar-refractivity contribution in [3.8, 4) is 0 Å². The van der Waals surface area contributed by atoms with E-state index in [0.29, 0.717) is 5.69 Å². The van der Waals surface area contributed by atoms with Crippen molar-refractivity contribution in [2.75, 3.05) is 44.3 Å². The molecule has 0 saturated heterocycles. The fourth-order valence-corrected chi connectivity index (χ4v) is 1.17. The smallest absolute Gasteiger partial charge is 0.223 e. The Morgan fingerprint density at radius 1 is 1.32 bits per heavy atom. The van der Waals surface area contributed by atoms with Crippen molar-refractivity contribution in [1.82, 2.24) is 0 Å². The predicted molar refractivity (Wildman–Crippen MR) is 83.8 cm³/mol. The summed E-state index contributed by atoms with van der Waals surface area (Å²) in [6.07, 6.45) is 0. The van der Waals surface area contributed by atoms with Crippen LogP contribution in [0, 0.1) is 0 Å². The van der Waals surface area contributed by atoms with Crippen LogP contribution in [-0.2, 0) is 9.53 Å². The van der Waals surface area contributed by atoms with E-state index in [0.717, 1.165) is 11.4 Å². The Labute approximate surface area is 116 Å². The first-order valence-electron chi connectivity index (χ1n) is 6.19. The van der Waals surface area contributed by atoms with Gasteiger partial charge in [0.1, 0.15) is 0 Å². The van der Waals surface area contributed by atoms with Crippen LogP contribution >= 0.6 is 0 Å². The van der Waals surface area contributed by atoms with Crippen LogP contribution in [0.1, 0.15) is 20.8 Å². The van der Waals surface area contributed by atoms with E-state index in [1.165, 1.54) is 6.92 Å². The number of nitrogens with zero attached hydrogens (tertiary/aromatic N) is 1. The summed E-state index contributed by atoms with van der Waals surface area (Å²) >= 11 is 0. The topological polar surface area (TPSA) is 67.6 Å². The first kappa shape index (κ1) is 19.6. The third-order valence-electron chi connectivity index (χ3n) is 2.16. The molecule has 5 nitrogen and oxygen atoms in total. The van der Waals surface area contributed by atoms with Gasteiger partial charge in [0.25, 0.3) is 0 Å². The number of anilines is 3. The molecule has 0 aliphatic rings. The molecule has 0 aromatic heterocycles. The number of rotatable bonds is 2. The average Bonchev–Trinajstić information content (AvgIpc) is 2.41. The summed E-state index contributed by atoms with van der Waals surface area (Å²) in [5.74, 6) is -0.0124. The van der Waals surface area contributed by atoms with Crippen LogP contribution in [-0.4, -0.2) is 34.2 Å². The van der Waals surface area contributed by atoms with Gasteiger partial charge in [-0.15, -0.1) is 0 Å². The molecule has 19 heavy (non-hydrogen) atoms. The van der Waals surface area contributed by atoms with Crippen LogP contribution in [0.25, 0.3) is 0 Å². The van der Waals surface area contributed by atoms with Gasteiger partial charge in [0.05, 0.1) is 11.4 Å². The molecule has 0 atom stereocenters. The standard InChI is InChI=1S/C10H15N3O.C2H6O.C2H6/c1-7(14)13(3)8-4-5-10(12-2)9(11)6-8;1-3-2;1-2/h4-6,12H,11H2,1-3H3;1-2H3;1-2H3. The fourth-order valence-electron chi connectivity index (χ4n) is 1.17. The molecule has 1 aromatic carbocycles. The number of carbonyl (C=O) groups excluding carboxylic acids is 1. The SMILES string of the molecule is CC.CNc1ccc(N(C)C(C)=O)cc1N.COC. The summed E-state index contributed by atoms with van der Waals surface area (Å²) in [5.41, 5.74) is 8.07. The van der Waals surface area contributed by atoms with Gasteiger partial charge in [0.2, 0.25) is 5.91 Å². The van der Waals surface area contributed by atoms with Crippen molar-refractivity contribution in [3.05, 3.63) is 18.2 Å². The van der Waals surface area contributed by atoms with E-state index in [9.17, 15) is 4.79 Å². The zero-order chi connectivity index (χ0) is 15.4. The molecule has 5 heteroatoms. The molecule has 3 N–H and O–H groups in total. The van der Waals surface area contributed by atoms with Crippen LogP contribution in [0.5, 0.6) is 0 Å². The number of carbonyl (C=O) groups is 1. The van der Waals surface area contributed by atoms with Gasteiger partial charge in [-0.3, -0.25) is 4.79 Å². The van der Waals surface area contributed by atoms with Gasteiger partial charge < -0.3 is 20.7 Å². The minimum absolute atomic E-state index is 0.0124. The normalized spacial score (nSPS) is 8.37. The highest BCUT2D eigenvalue weighted by Crippen LogP contribution is 2.24. The van der Waals surface area contributed by atoms with E-state index < -0.39 is 0 Å². The van der Waals surface area contributed by atoms with Gasteiger partial charge in [-0.1, -0.05) is 13.8 Å². The maximum Gasteiger partial charge on any atom is 0.223 e. The molecule has 0 aliphatic heterocycles. The molecule has 0 bridgehead atoms. The van der Waals surface area contributed by atoms with E-state index in [4.69, 9.17) is 5.73 Å². The van der Waals surface area contributed by atoms with E-state index in [2.05, 4.69) is 10.1 Å². The fraction of sp³-hybridized carbons (Fsp3) is 0.500. The van der Waals surface area contributed by atoms with Gasteiger partial charge in [0, 0.05) is 40.9 Å². The highest BCUT2D eigenvalue weighted by Gasteiger charge is 2.06. The number of ether oxygens (including phenoxy) is 1. The van der Waals surface area contributed by atoms with E-state index in [1.807, 2.05) is 26.0 Å². The van der Waals surface area contributed by atoms with Crippen LogP contribution in [0.2, 0.25) is 0 Å². The molecule has 0 heterocycles. The van der Waals surface area contributed by atoms with Gasteiger partial charge in [-0.2, -0.15) is 0 Å². The Balaban J connectivity index is 0. The Morgan fingerprint density at radius 2 is 1.79 bits per heavy atom. The maximum atomic E-state index is 11.1. The zero-order valence-corrected chi connectivity index (χ0v) is 13.1. The summed E-state index contributed by atoms with van der Waals surface area (Å²) in [7, 11) is 6.77. The molecular formula is C14H27N3O2. The number of nitrogen functional groups attached to an aromatic ring is 1. The third-order valence-corrected chi connectivity index (χ3v) is 2.16. The summed E-state index contributed by atoms with van der Waals surface area (Å²) in [6, 6.07) is 5.47. The van der Waals surface area contributed by atoms with Crippen molar-refractivity contribution in [2.24, 2.45) is 0 Å². The summed E-state index contributed by atoms with van der Waals surface area (Å²) in [6.45, 7) is 5.52. The quantitative estimate of drug-likeness (QED) is 0.810. The number of hydrogen-bond acceptors (Lipinski definition) is 4. The van der Waals surface area contributed by atoms with Crippen LogP contribution < -0.4 is 16.0 Å². The molecule has 1 aromatic rings. The summed E-state index contributed by atoms with van der Waals surface area (Å²) in [4.78, 5) is 12.6. The van der Waals surface area contributed by atoms with Gasteiger partial charge in [-0.25, -0.2) is 0 Å². The second-order valence-corrected chi connectivity index (χ2v) is 3.51. The van der Waals surface area contributed by atoms with Gasteiger partial charge >= 0.3 is 0 Å². The monoisotopic (exact) mass is 269 g/mol. The van der Waals surface area contributed by atoms with E-state index in [1.54, 1.807) is 39.3 Å². The summed E-state index contributed by atoms with van der Waals surface area (Å²) in [5, 5.41) is 2.96. The number of nitrogens with one attached hydrogen (secondary N) is 1. The second kappa shape index (κ2) is 11.3. The van der Waals surface area contributed by atoms with Gasteiger partial charge in [-0.05, 0) is 18.2 Å². The lowest BCUT2D eigenvalue weighted by Crippen LogP contribution is -2.22. The third kappa shape index (κ3) is 7.31. The second-order valence-electron chi connectivity index (χ2n) is 3.51. The maximum absolute atomic E-state index is 11.1. The van der Waals surface area contributed by atoms with Crippen molar-refractivity contribution >= 4 is 23.0 Å². The predicted octanol–water partition coefficient (Wildman–Crippen LogP) is 2.58. The number of hydrogen-bond donors (Lipinski definition) is 2. The lowest BCUT2D eigenvalue weighted by molar-refractivity contribution is -0.116. The van der Waals surface area contributed by atoms with E-state index >= 15 is 0 Å². The number of benzene rings is 1. The Kier molecular flexibility index (Phi) is 11.7. The molecule has 0 saturated carbocycles. The summed E-state index contributed by atoms with van der Waals surface area (Å²) < 4.78 is 4.25. The van der Waals surface area contributed by atoms with Crippen LogP contribution in [0.3, 0.4) is 0 Å². The largest absolute Gasteiger partial charge is 0.397 e. The lowest BCUT2D eigenvalue weighted by Gasteiger charge is -2.16.